The van der Waals surface area contributed by atoms with Crippen LogP contribution in [0.1, 0.15) is 49.2 Å². The fourth-order valence-electron chi connectivity index (χ4n) is 5.68. The number of anilines is 3. The van der Waals surface area contributed by atoms with E-state index in [2.05, 4.69) is 51.2 Å². The molecule has 1 fully saturated rings. The van der Waals surface area contributed by atoms with Crippen LogP contribution in [0.5, 0.6) is 0 Å². The molecule has 6 rings (SSSR count). The summed E-state index contributed by atoms with van der Waals surface area (Å²) in [7, 11) is 0. The number of hydrogen-bond donors (Lipinski definition) is 3. The van der Waals surface area contributed by atoms with Crippen LogP contribution in [-0.2, 0) is 0 Å². The highest BCUT2D eigenvalue weighted by molar-refractivity contribution is 6.32. The zero-order chi connectivity index (χ0) is 31.0. The molecule has 0 aliphatic carbocycles. The number of nitrogens with one attached hydrogen (secondary N) is 3. The molecule has 0 amide bonds. The zero-order valence-corrected chi connectivity index (χ0v) is 25.4. The minimum atomic E-state index is -0.556. The second-order valence-corrected chi connectivity index (χ2v) is 12.3. The number of piperidine rings is 1. The number of nitrogens with zero attached hydrogens (tertiary/aromatic N) is 5. The van der Waals surface area contributed by atoms with Crippen molar-refractivity contribution >= 4 is 51.2 Å². The van der Waals surface area contributed by atoms with Crippen LogP contribution in [0, 0.1) is 28.4 Å². The maximum absolute atomic E-state index is 14.0. The molecular weight excluding hydrogens is 605 g/mol. The number of hydrogen-bond acceptors (Lipinski definition) is 7. The van der Waals surface area contributed by atoms with Crippen molar-refractivity contribution in [1.29, 1.82) is 5.26 Å². The molecule has 0 saturated carbocycles. The van der Waals surface area contributed by atoms with Gasteiger partial charge in [-0.15, -0.1) is 5.10 Å². The van der Waals surface area contributed by atoms with Gasteiger partial charge in [0.15, 0.2) is 0 Å². The SMILES string of the molecule is CC1(C)CNCCC1n1cc(C(Nc2cc(Cl)cc3c(Nc4ccc(F)c(Cl)c4)c(C#N)cnc23)c2ccc(F)cc2)nn1. The lowest BCUT2D eigenvalue weighted by atomic mass is 9.80. The molecular formula is C32H28Cl2F2N8. The van der Waals surface area contributed by atoms with Crippen LogP contribution >= 0.6 is 23.2 Å². The van der Waals surface area contributed by atoms with Gasteiger partial charge in [0.25, 0.3) is 0 Å². The van der Waals surface area contributed by atoms with Gasteiger partial charge in [0.2, 0.25) is 0 Å². The summed E-state index contributed by atoms with van der Waals surface area (Å²) in [5.41, 5.74) is 3.60. The topological polar surface area (TPSA) is 103 Å². The van der Waals surface area contributed by atoms with Crippen LogP contribution in [0.2, 0.25) is 10.0 Å². The van der Waals surface area contributed by atoms with Gasteiger partial charge in [-0.05, 0) is 66.4 Å². The van der Waals surface area contributed by atoms with Crippen LogP contribution in [0.15, 0.2) is 67.0 Å². The van der Waals surface area contributed by atoms with Gasteiger partial charge in [0, 0.05) is 28.8 Å². The number of benzene rings is 3. The van der Waals surface area contributed by atoms with Crippen molar-refractivity contribution in [2.45, 2.75) is 32.4 Å². The Bertz CT molecular complexity index is 1880. The number of aromatic nitrogens is 4. The molecule has 0 bridgehead atoms. The third kappa shape index (κ3) is 5.91. The van der Waals surface area contributed by atoms with E-state index in [1.165, 1.54) is 36.5 Å². The second kappa shape index (κ2) is 12.0. The van der Waals surface area contributed by atoms with Gasteiger partial charge in [-0.1, -0.05) is 54.4 Å². The highest BCUT2D eigenvalue weighted by Crippen LogP contribution is 2.39. The summed E-state index contributed by atoms with van der Waals surface area (Å²) >= 11 is 12.6. The third-order valence-electron chi connectivity index (χ3n) is 7.97. The van der Waals surface area contributed by atoms with Crippen molar-refractivity contribution in [3.8, 4) is 6.07 Å². The number of rotatable bonds is 7. The van der Waals surface area contributed by atoms with E-state index in [1.807, 2.05) is 10.9 Å². The molecule has 44 heavy (non-hydrogen) atoms. The monoisotopic (exact) mass is 632 g/mol. The number of pyridine rings is 1. The Balaban J connectivity index is 1.44. The number of halogens is 4. The van der Waals surface area contributed by atoms with Crippen molar-refractivity contribution in [2.24, 2.45) is 5.41 Å². The summed E-state index contributed by atoms with van der Waals surface area (Å²) in [6, 6.07) is 15.6. The smallest absolute Gasteiger partial charge is 0.141 e. The van der Waals surface area contributed by atoms with E-state index in [9.17, 15) is 14.0 Å². The zero-order valence-electron chi connectivity index (χ0n) is 23.9. The summed E-state index contributed by atoms with van der Waals surface area (Å²) in [6.45, 7) is 6.14. The molecule has 224 valence electrons. The lowest BCUT2D eigenvalue weighted by Gasteiger charge is -2.38. The second-order valence-electron chi connectivity index (χ2n) is 11.5. The fraction of sp³-hybridized carbons (Fsp3) is 0.250. The average molecular weight is 634 g/mol. The first-order chi connectivity index (χ1) is 21.1. The summed E-state index contributed by atoms with van der Waals surface area (Å²) < 4.78 is 29.7. The Hall–Kier alpha value is -4.30. The van der Waals surface area contributed by atoms with E-state index in [0.717, 1.165) is 25.1 Å². The molecule has 1 aliphatic rings. The Morgan fingerprint density at radius 1 is 1.11 bits per heavy atom. The fourth-order valence-corrected chi connectivity index (χ4v) is 6.08. The minimum Gasteiger partial charge on any atom is -0.371 e. The highest BCUT2D eigenvalue weighted by Gasteiger charge is 2.35. The molecule has 0 spiro atoms. The van der Waals surface area contributed by atoms with Crippen molar-refractivity contribution < 1.29 is 8.78 Å². The Morgan fingerprint density at radius 2 is 1.91 bits per heavy atom. The van der Waals surface area contributed by atoms with E-state index in [1.54, 1.807) is 24.3 Å². The van der Waals surface area contributed by atoms with E-state index in [-0.39, 0.29) is 27.9 Å². The maximum Gasteiger partial charge on any atom is 0.141 e. The van der Waals surface area contributed by atoms with Gasteiger partial charge in [-0.25, -0.2) is 13.5 Å². The van der Waals surface area contributed by atoms with Gasteiger partial charge in [-0.3, -0.25) is 4.98 Å². The molecule has 8 nitrogen and oxygen atoms in total. The normalized spacial score (nSPS) is 16.8. The molecule has 0 radical (unpaired) electrons. The van der Waals surface area contributed by atoms with Crippen molar-refractivity contribution in [3.63, 3.8) is 0 Å². The summed E-state index contributed by atoms with van der Waals surface area (Å²) in [5.74, 6) is -0.914. The Morgan fingerprint density at radius 3 is 2.64 bits per heavy atom. The number of nitriles is 1. The van der Waals surface area contributed by atoms with E-state index in [0.29, 0.717) is 38.7 Å². The van der Waals surface area contributed by atoms with Crippen molar-refractivity contribution in [3.05, 3.63) is 105 Å². The standard InChI is InChI=1S/C32H28Cl2F2N8/c1-32(2)17-38-10-9-28(32)44-16-27(42-43-44)30(18-3-5-21(35)6-4-18)41-26-12-20(33)11-23-29(19(14-37)15-39-31(23)26)40-22-7-8-25(36)24(34)13-22/h3-8,11-13,15-16,28,30,38,41H,9-10,17H2,1-2H3,(H,39,40). The van der Waals surface area contributed by atoms with Crippen LogP contribution in [0.4, 0.5) is 25.8 Å². The van der Waals surface area contributed by atoms with E-state index in [4.69, 9.17) is 23.2 Å². The molecule has 3 aromatic carbocycles. The molecule has 2 unspecified atom stereocenters. The minimum absolute atomic E-state index is 0.0360. The van der Waals surface area contributed by atoms with Gasteiger partial charge in [0.05, 0.1) is 45.8 Å². The molecule has 2 aromatic heterocycles. The van der Waals surface area contributed by atoms with Crippen molar-refractivity contribution in [1.82, 2.24) is 25.3 Å². The summed E-state index contributed by atoms with van der Waals surface area (Å²) in [4.78, 5) is 4.60. The molecule has 1 saturated heterocycles. The average Bonchev–Trinajstić information content (AvgIpc) is 3.48. The van der Waals surface area contributed by atoms with Gasteiger partial charge < -0.3 is 16.0 Å². The highest BCUT2D eigenvalue weighted by atomic mass is 35.5. The van der Waals surface area contributed by atoms with Gasteiger partial charge in [0.1, 0.15) is 23.4 Å². The molecule has 5 aromatic rings. The first-order valence-electron chi connectivity index (χ1n) is 14.0. The Labute approximate surface area is 263 Å². The predicted molar refractivity (Wildman–Crippen MR) is 168 cm³/mol. The predicted octanol–water partition coefficient (Wildman–Crippen LogP) is 7.79. The van der Waals surface area contributed by atoms with Crippen LogP contribution < -0.4 is 16.0 Å². The summed E-state index contributed by atoms with van der Waals surface area (Å²) in [6.07, 6.45) is 4.29. The number of fused-ring (bicyclic) bond motifs is 1. The van der Waals surface area contributed by atoms with Crippen LogP contribution in [-0.4, -0.2) is 33.1 Å². The molecule has 3 N–H and O–H groups in total. The van der Waals surface area contributed by atoms with Crippen LogP contribution in [0.3, 0.4) is 0 Å². The Kier molecular flexibility index (Phi) is 8.12. The lowest BCUT2D eigenvalue weighted by molar-refractivity contribution is 0.147. The largest absolute Gasteiger partial charge is 0.371 e. The summed E-state index contributed by atoms with van der Waals surface area (Å²) in [5, 5.41) is 30.0. The lowest BCUT2D eigenvalue weighted by Crippen LogP contribution is -2.44. The molecule has 2 atom stereocenters. The molecule has 3 heterocycles. The quantitative estimate of drug-likeness (QED) is 0.168. The van der Waals surface area contributed by atoms with E-state index >= 15 is 0 Å². The first kappa shape index (κ1) is 29.8. The third-order valence-corrected chi connectivity index (χ3v) is 8.48. The van der Waals surface area contributed by atoms with E-state index < -0.39 is 11.9 Å². The maximum atomic E-state index is 14.0. The van der Waals surface area contributed by atoms with Crippen LogP contribution in [0.25, 0.3) is 10.9 Å². The van der Waals surface area contributed by atoms with Gasteiger partial charge >= 0.3 is 0 Å². The molecule has 1 aliphatic heterocycles. The molecule has 12 heteroatoms. The van der Waals surface area contributed by atoms with Crippen molar-refractivity contribution in [2.75, 3.05) is 23.7 Å². The van der Waals surface area contributed by atoms with Gasteiger partial charge in [-0.2, -0.15) is 5.26 Å². The first-order valence-corrected chi connectivity index (χ1v) is 14.8.